The van der Waals surface area contributed by atoms with Crippen molar-refractivity contribution in [2.24, 2.45) is 0 Å². The zero-order valence-corrected chi connectivity index (χ0v) is 17.7. The van der Waals surface area contributed by atoms with Crippen LogP contribution in [-0.4, -0.2) is 31.2 Å². The molecule has 1 aliphatic heterocycles. The maximum atomic E-state index is 13.6. The van der Waals surface area contributed by atoms with Crippen LogP contribution in [-0.2, 0) is 20.0 Å². The van der Waals surface area contributed by atoms with E-state index in [1.165, 1.54) is 37.7 Å². The molecule has 1 atom stereocenters. The smallest absolute Gasteiger partial charge is 0.308 e. The summed E-state index contributed by atoms with van der Waals surface area (Å²) in [7, 11) is -3.22. The minimum Gasteiger partial charge on any atom is -0.308 e. The van der Waals surface area contributed by atoms with E-state index < -0.39 is 7.60 Å². The Morgan fingerprint density at radius 3 is 2.35 bits per heavy atom. The van der Waals surface area contributed by atoms with E-state index in [0.29, 0.717) is 13.2 Å². The van der Waals surface area contributed by atoms with Crippen LogP contribution in [0.3, 0.4) is 0 Å². The molecule has 1 aromatic rings. The van der Waals surface area contributed by atoms with Gasteiger partial charge in [0.25, 0.3) is 0 Å². The Hall–Kier alpha value is -0.670. The van der Waals surface area contributed by atoms with Crippen molar-refractivity contribution in [2.75, 3.05) is 26.3 Å². The van der Waals surface area contributed by atoms with E-state index in [9.17, 15) is 4.57 Å². The predicted molar refractivity (Wildman–Crippen MR) is 109 cm³/mol. The molecule has 1 unspecified atom stereocenters. The molecule has 0 fully saturated rings. The molecule has 0 N–H and O–H groups in total. The lowest BCUT2D eigenvalue weighted by atomic mass is 9.99. The Morgan fingerprint density at radius 1 is 1.00 bits per heavy atom. The first-order chi connectivity index (χ1) is 12.7. The van der Waals surface area contributed by atoms with Crippen molar-refractivity contribution in [1.82, 2.24) is 4.90 Å². The van der Waals surface area contributed by atoms with Crippen molar-refractivity contribution in [3.63, 3.8) is 0 Å². The monoisotopic (exact) mass is 381 g/mol. The molecule has 148 valence electrons. The summed E-state index contributed by atoms with van der Waals surface area (Å²) < 4.78 is 25.1. The van der Waals surface area contributed by atoms with Crippen LogP contribution < -0.4 is 0 Å². The summed E-state index contributed by atoms with van der Waals surface area (Å²) in [5, 5.41) is 0. The standard InChI is InChI=1S/C21H36NO3P/c1-4-7-8-9-10-13-17-22-18-16-19-14-11-12-15-20(19)21(22)26(23,24-5-2)25-6-3/h11-12,14-15,21H,4-10,13,16-18H2,1-3H3. The Bertz CT molecular complexity index is 568. The van der Waals surface area contributed by atoms with Gasteiger partial charge >= 0.3 is 7.60 Å². The number of hydrogen-bond acceptors (Lipinski definition) is 4. The molecule has 0 saturated heterocycles. The van der Waals surface area contributed by atoms with Crippen molar-refractivity contribution in [2.45, 2.75) is 71.5 Å². The van der Waals surface area contributed by atoms with Crippen LogP contribution >= 0.6 is 7.60 Å². The molecule has 4 nitrogen and oxygen atoms in total. The molecule has 1 heterocycles. The van der Waals surface area contributed by atoms with Crippen LogP contribution in [0.1, 0.15) is 76.2 Å². The van der Waals surface area contributed by atoms with Crippen molar-refractivity contribution >= 4 is 7.60 Å². The van der Waals surface area contributed by atoms with E-state index >= 15 is 0 Å². The fourth-order valence-corrected chi connectivity index (χ4v) is 6.14. The average Bonchev–Trinajstić information content (AvgIpc) is 2.64. The Labute approximate surface area is 159 Å². The second-order valence-corrected chi connectivity index (χ2v) is 9.09. The van der Waals surface area contributed by atoms with Gasteiger partial charge in [-0.2, -0.15) is 0 Å². The van der Waals surface area contributed by atoms with Gasteiger partial charge in [-0.1, -0.05) is 63.3 Å². The fraction of sp³-hybridized carbons (Fsp3) is 0.714. The van der Waals surface area contributed by atoms with Gasteiger partial charge in [0, 0.05) is 6.54 Å². The normalized spacial score (nSPS) is 18.0. The van der Waals surface area contributed by atoms with Gasteiger partial charge in [0.05, 0.1) is 13.2 Å². The van der Waals surface area contributed by atoms with E-state index in [2.05, 4.69) is 30.0 Å². The van der Waals surface area contributed by atoms with E-state index in [-0.39, 0.29) is 5.78 Å². The second-order valence-electron chi connectivity index (χ2n) is 7.00. The molecule has 0 aromatic heterocycles. The SMILES string of the molecule is CCCCCCCCN1CCc2ccccc2C1P(=O)(OCC)OCC. The van der Waals surface area contributed by atoms with Gasteiger partial charge in [0.1, 0.15) is 5.78 Å². The van der Waals surface area contributed by atoms with Crippen LogP contribution in [0.25, 0.3) is 0 Å². The third kappa shape index (κ3) is 5.66. The van der Waals surface area contributed by atoms with Gasteiger partial charge in [-0.3, -0.25) is 9.46 Å². The molecule has 26 heavy (non-hydrogen) atoms. The maximum absolute atomic E-state index is 13.6. The van der Waals surface area contributed by atoms with Crippen molar-refractivity contribution in [1.29, 1.82) is 0 Å². The number of unbranched alkanes of at least 4 members (excludes halogenated alkanes) is 5. The minimum absolute atomic E-state index is 0.275. The lowest BCUT2D eigenvalue weighted by Crippen LogP contribution is -2.37. The number of nitrogens with zero attached hydrogens (tertiary/aromatic N) is 1. The summed E-state index contributed by atoms with van der Waals surface area (Å²) in [4.78, 5) is 2.34. The molecular weight excluding hydrogens is 345 g/mol. The molecule has 0 aliphatic carbocycles. The van der Waals surface area contributed by atoms with Gasteiger partial charge in [-0.25, -0.2) is 0 Å². The number of fused-ring (bicyclic) bond motifs is 1. The zero-order chi connectivity index (χ0) is 18.8. The number of hydrogen-bond donors (Lipinski definition) is 0. The molecule has 0 radical (unpaired) electrons. The molecule has 0 saturated carbocycles. The molecule has 1 aliphatic rings. The van der Waals surface area contributed by atoms with Crippen LogP contribution in [0.2, 0.25) is 0 Å². The predicted octanol–water partition coefficient (Wildman–Crippen LogP) is 6.17. The van der Waals surface area contributed by atoms with E-state index in [1.807, 2.05) is 19.9 Å². The number of benzene rings is 1. The van der Waals surface area contributed by atoms with Crippen LogP contribution in [0.5, 0.6) is 0 Å². The zero-order valence-electron chi connectivity index (χ0n) is 16.8. The lowest BCUT2D eigenvalue weighted by Gasteiger charge is -2.40. The quantitative estimate of drug-likeness (QED) is 0.321. The van der Waals surface area contributed by atoms with Crippen molar-refractivity contribution < 1.29 is 13.6 Å². The van der Waals surface area contributed by atoms with Gasteiger partial charge in [0.2, 0.25) is 0 Å². The van der Waals surface area contributed by atoms with Crippen molar-refractivity contribution in [3.8, 4) is 0 Å². The topological polar surface area (TPSA) is 38.8 Å². The highest BCUT2D eigenvalue weighted by molar-refractivity contribution is 7.54. The largest absolute Gasteiger partial charge is 0.352 e. The summed E-state index contributed by atoms with van der Waals surface area (Å²) in [6, 6.07) is 8.33. The van der Waals surface area contributed by atoms with Gasteiger partial charge in [-0.05, 0) is 44.4 Å². The summed E-state index contributed by atoms with van der Waals surface area (Å²) in [5.41, 5.74) is 2.39. The molecule has 0 amide bonds. The molecule has 2 rings (SSSR count). The number of rotatable bonds is 12. The van der Waals surface area contributed by atoms with Crippen LogP contribution in [0.4, 0.5) is 0 Å². The van der Waals surface area contributed by atoms with E-state index in [0.717, 1.165) is 31.5 Å². The average molecular weight is 381 g/mol. The first-order valence-electron chi connectivity index (χ1n) is 10.4. The lowest BCUT2D eigenvalue weighted by molar-refractivity contribution is 0.155. The summed E-state index contributed by atoms with van der Waals surface area (Å²) in [6.45, 7) is 8.70. The Balaban J connectivity index is 2.14. The van der Waals surface area contributed by atoms with Gasteiger partial charge < -0.3 is 9.05 Å². The third-order valence-electron chi connectivity index (χ3n) is 5.06. The highest BCUT2D eigenvalue weighted by atomic mass is 31.2. The minimum atomic E-state index is -3.22. The Kier molecular flexibility index (Phi) is 9.35. The maximum Gasteiger partial charge on any atom is 0.352 e. The third-order valence-corrected chi connectivity index (χ3v) is 7.50. The van der Waals surface area contributed by atoms with E-state index in [1.54, 1.807) is 0 Å². The highest BCUT2D eigenvalue weighted by Gasteiger charge is 2.43. The highest BCUT2D eigenvalue weighted by Crippen LogP contribution is 2.63. The summed E-state index contributed by atoms with van der Waals surface area (Å²) in [6.07, 6.45) is 8.58. The summed E-state index contributed by atoms with van der Waals surface area (Å²) in [5.74, 6) is -0.275. The molecule has 0 spiro atoms. The molecule has 0 bridgehead atoms. The molecule has 5 heteroatoms. The first-order valence-corrected chi connectivity index (χ1v) is 12.0. The fourth-order valence-electron chi connectivity index (χ4n) is 3.83. The van der Waals surface area contributed by atoms with E-state index in [4.69, 9.17) is 9.05 Å². The molecule has 1 aromatic carbocycles. The van der Waals surface area contributed by atoms with Gasteiger partial charge in [-0.15, -0.1) is 0 Å². The van der Waals surface area contributed by atoms with Crippen molar-refractivity contribution in [3.05, 3.63) is 35.4 Å². The second kappa shape index (κ2) is 11.2. The van der Waals surface area contributed by atoms with Gasteiger partial charge in [0.15, 0.2) is 0 Å². The van der Waals surface area contributed by atoms with Crippen LogP contribution in [0.15, 0.2) is 24.3 Å². The molecular formula is C21H36NO3P. The Morgan fingerprint density at radius 2 is 1.65 bits per heavy atom. The first kappa shape index (κ1) is 21.6. The summed E-state index contributed by atoms with van der Waals surface area (Å²) >= 11 is 0. The van der Waals surface area contributed by atoms with Crippen LogP contribution in [0, 0.1) is 0 Å².